The third-order valence-corrected chi connectivity index (χ3v) is 2.46. The highest BCUT2D eigenvalue weighted by Crippen LogP contribution is 2.22. The predicted molar refractivity (Wildman–Crippen MR) is 58.9 cm³/mol. The molecule has 1 aliphatic heterocycles. The SMILES string of the molecule is CON(C)C(=O)/C=C/[C@H]1OC(=O)O[C@@H]1C(C)C. The molecule has 1 fully saturated rings. The molecule has 0 saturated carbocycles. The van der Waals surface area contributed by atoms with Crippen LogP contribution in [0, 0.1) is 5.92 Å². The quantitative estimate of drug-likeness (QED) is 0.420. The minimum atomic E-state index is -0.703. The van der Waals surface area contributed by atoms with Crippen LogP contribution in [0.4, 0.5) is 4.79 Å². The minimum absolute atomic E-state index is 0.117. The molecule has 6 heteroatoms. The summed E-state index contributed by atoms with van der Waals surface area (Å²) in [7, 11) is 2.88. The molecule has 2 atom stereocenters. The fraction of sp³-hybridized carbons (Fsp3) is 0.636. The van der Waals surface area contributed by atoms with Gasteiger partial charge in [0.1, 0.15) is 6.10 Å². The van der Waals surface area contributed by atoms with E-state index in [-0.39, 0.29) is 17.9 Å². The first-order chi connectivity index (χ1) is 7.95. The number of hydroxylamine groups is 2. The summed E-state index contributed by atoms with van der Waals surface area (Å²) in [5.74, 6) is -0.218. The summed E-state index contributed by atoms with van der Waals surface area (Å²) in [6.45, 7) is 3.83. The molecule has 17 heavy (non-hydrogen) atoms. The number of likely N-dealkylation sites (N-methyl/N-ethyl adjacent to an activating group) is 1. The molecule has 0 radical (unpaired) electrons. The number of hydrogen-bond donors (Lipinski definition) is 0. The van der Waals surface area contributed by atoms with E-state index < -0.39 is 12.3 Å². The predicted octanol–water partition coefficient (Wildman–Crippen LogP) is 1.12. The van der Waals surface area contributed by atoms with Crippen molar-refractivity contribution in [3.63, 3.8) is 0 Å². The fourth-order valence-corrected chi connectivity index (χ4v) is 1.42. The Morgan fingerprint density at radius 2 is 2.12 bits per heavy atom. The number of rotatable bonds is 4. The van der Waals surface area contributed by atoms with E-state index in [4.69, 9.17) is 14.3 Å². The second kappa shape index (κ2) is 5.67. The van der Waals surface area contributed by atoms with Gasteiger partial charge in [-0.3, -0.25) is 9.63 Å². The third-order valence-electron chi connectivity index (χ3n) is 2.46. The van der Waals surface area contributed by atoms with Crippen molar-refractivity contribution >= 4 is 12.1 Å². The summed E-state index contributed by atoms with van der Waals surface area (Å²) >= 11 is 0. The van der Waals surface area contributed by atoms with Crippen molar-refractivity contribution in [2.75, 3.05) is 14.2 Å². The van der Waals surface area contributed by atoms with Crippen molar-refractivity contribution in [2.45, 2.75) is 26.1 Å². The highest BCUT2D eigenvalue weighted by molar-refractivity contribution is 5.86. The van der Waals surface area contributed by atoms with Gasteiger partial charge in [0.25, 0.3) is 5.91 Å². The Morgan fingerprint density at radius 1 is 1.47 bits per heavy atom. The number of carbonyl (C=O) groups is 2. The van der Waals surface area contributed by atoms with Crippen LogP contribution >= 0.6 is 0 Å². The molecular formula is C11H17NO5. The van der Waals surface area contributed by atoms with E-state index >= 15 is 0 Å². The van der Waals surface area contributed by atoms with Crippen LogP contribution in [0.25, 0.3) is 0 Å². The van der Waals surface area contributed by atoms with Crippen LogP contribution in [0.2, 0.25) is 0 Å². The van der Waals surface area contributed by atoms with Gasteiger partial charge in [-0.2, -0.15) is 0 Å². The zero-order chi connectivity index (χ0) is 13.0. The van der Waals surface area contributed by atoms with Crippen LogP contribution in [0.5, 0.6) is 0 Å². The fourth-order valence-electron chi connectivity index (χ4n) is 1.42. The van der Waals surface area contributed by atoms with Gasteiger partial charge in [0.2, 0.25) is 0 Å². The number of amides is 1. The van der Waals surface area contributed by atoms with Crippen LogP contribution in [0.1, 0.15) is 13.8 Å². The van der Waals surface area contributed by atoms with E-state index in [2.05, 4.69) is 0 Å². The molecule has 0 aliphatic carbocycles. The topological polar surface area (TPSA) is 65.1 Å². The first-order valence-electron chi connectivity index (χ1n) is 5.33. The van der Waals surface area contributed by atoms with E-state index in [9.17, 15) is 9.59 Å². The van der Waals surface area contributed by atoms with Crippen molar-refractivity contribution in [2.24, 2.45) is 5.92 Å². The molecule has 0 N–H and O–H groups in total. The molecule has 1 heterocycles. The maximum atomic E-state index is 11.4. The Hall–Kier alpha value is -1.56. The van der Waals surface area contributed by atoms with Crippen molar-refractivity contribution in [1.29, 1.82) is 0 Å². The highest BCUT2D eigenvalue weighted by atomic mass is 16.8. The second-order valence-corrected chi connectivity index (χ2v) is 4.04. The smallest absolute Gasteiger partial charge is 0.426 e. The van der Waals surface area contributed by atoms with Gasteiger partial charge in [-0.15, -0.1) is 0 Å². The van der Waals surface area contributed by atoms with Crippen molar-refractivity contribution < 1.29 is 23.9 Å². The Balaban J connectivity index is 2.63. The van der Waals surface area contributed by atoms with Gasteiger partial charge < -0.3 is 9.47 Å². The molecule has 0 bridgehead atoms. The first-order valence-corrected chi connectivity index (χ1v) is 5.33. The summed E-state index contributed by atoms with van der Waals surface area (Å²) in [6.07, 6.45) is 1.21. The van der Waals surface area contributed by atoms with Crippen LogP contribution < -0.4 is 0 Å². The lowest BCUT2D eigenvalue weighted by molar-refractivity contribution is -0.162. The molecule has 96 valence electrons. The summed E-state index contributed by atoms with van der Waals surface area (Å²) in [6, 6.07) is 0. The van der Waals surface area contributed by atoms with Gasteiger partial charge in [-0.1, -0.05) is 13.8 Å². The first kappa shape index (κ1) is 13.5. The van der Waals surface area contributed by atoms with Crippen molar-refractivity contribution in [1.82, 2.24) is 5.06 Å². The molecule has 1 saturated heterocycles. The Bertz CT molecular complexity index is 326. The van der Waals surface area contributed by atoms with Gasteiger partial charge >= 0.3 is 6.16 Å². The molecule has 0 aromatic carbocycles. The van der Waals surface area contributed by atoms with Crippen LogP contribution in [0.15, 0.2) is 12.2 Å². The molecule has 1 aliphatic rings. The van der Waals surface area contributed by atoms with E-state index in [0.717, 1.165) is 5.06 Å². The van der Waals surface area contributed by atoms with Crippen LogP contribution in [-0.2, 0) is 19.1 Å². The number of hydrogen-bond acceptors (Lipinski definition) is 5. The Labute approximate surface area is 100 Å². The Kier molecular flexibility index (Phi) is 4.51. The molecule has 6 nitrogen and oxygen atoms in total. The van der Waals surface area contributed by atoms with Crippen LogP contribution in [-0.4, -0.2) is 43.5 Å². The molecule has 0 aromatic heterocycles. The lowest BCUT2D eigenvalue weighted by Gasteiger charge is -2.16. The molecule has 1 rings (SSSR count). The monoisotopic (exact) mass is 243 g/mol. The van der Waals surface area contributed by atoms with E-state index in [1.807, 2.05) is 13.8 Å². The normalized spacial score (nSPS) is 23.9. The molecule has 1 amide bonds. The Morgan fingerprint density at radius 3 is 2.65 bits per heavy atom. The highest BCUT2D eigenvalue weighted by Gasteiger charge is 2.37. The summed E-state index contributed by atoms with van der Waals surface area (Å²) in [5, 5.41) is 1.07. The van der Waals surface area contributed by atoms with Gasteiger partial charge in [0.05, 0.1) is 7.11 Å². The van der Waals surface area contributed by atoms with Gasteiger partial charge in [0.15, 0.2) is 6.10 Å². The minimum Gasteiger partial charge on any atom is -0.426 e. The zero-order valence-corrected chi connectivity index (χ0v) is 10.4. The van der Waals surface area contributed by atoms with E-state index in [0.29, 0.717) is 0 Å². The lowest BCUT2D eigenvalue weighted by Crippen LogP contribution is -2.27. The average molecular weight is 243 g/mol. The lowest BCUT2D eigenvalue weighted by atomic mass is 10.0. The maximum Gasteiger partial charge on any atom is 0.509 e. The largest absolute Gasteiger partial charge is 0.509 e. The average Bonchev–Trinajstić information content (AvgIpc) is 2.66. The number of nitrogens with zero attached hydrogens (tertiary/aromatic N) is 1. The third kappa shape index (κ3) is 3.45. The van der Waals surface area contributed by atoms with Gasteiger partial charge in [-0.05, 0) is 12.0 Å². The standard InChI is InChI=1S/C11H17NO5/c1-7(2)10-8(16-11(14)17-10)5-6-9(13)12(3)15-4/h5-8,10H,1-4H3/b6-5+/t8-,10-/m1/s1. The summed E-state index contributed by atoms with van der Waals surface area (Å²) in [5.41, 5.74) is 0. The number of cyclic esters (lactones) is 2. The number of ether oxygens (including phenoxy) is 2. The van der Waals surface area contributed by atoms with E-state index in [1.54, 1.807) is 0 Å². The van der Waals surface area contributed by atoms with Crippen molar-refractivity contribution in [3.05, 3.63) is 12.2 Å². The zero-order valence-electron chi connectivity index (χ0n) is 10.4. The maximum absolute atomic E-state index is 11.4. The molecule has 0 unspecified atom stereocenters. The van der Waals surface area contributed by atoms with Crippen molar-refractivity contribution in [3.8, 4) is 0 Å². The number of carbonyl (C=O) groups excluding carboxylic acids is 2. The molecular weight excluding hydrogens is 226 g/mol. The molecule has 0 aromatic rings. The van der Waals surface area contributed by atoms with E-state index in [1.165, 1.54) is 26.3 Å². The van der Waals surface area contributed by atoms with Crippen LogP contribution in [0.3, 0.4) is 0 Å². The summed E-state index contributed by atoms with van der Waals surface area (Å²) < 4.78 is 9.93. The molecule has 0 spiro atoms. The van der Waals surface area contributed by atoms with Gasteiger partial charge in [0, 0.05) is 13.1 Å². The summed E-state index contributed by atoms with van der Waals surface area (Å²) in [4.78, 5) is 27.1. The van der Waals surface area contributed by atoms with Gasteiger partial charge in [-0.25, -0.2) is 9.86 Å². The second-order valence-electron chi connectivity index (χ2n) is 4.04.